The van der Waals surface area contributed by atoms with Crippen LogP contribution in [0.15, 0.2) is 52.7 Å². The van der Waals surface area contributed by atoms with Crippen LogP contribution in [0.4, 0.5) is 5.69 Å². The third-order valence-corrected chi connectivity index (χ3v) is 4.04. The zero-order valence-corrected chi connectivity index (χ0v) is 14.4. The van der Waals surface area contributed by atoms with Gasteiger partial charge in [0.25, 0.3) is 5.91 Å². The van der Waals surface area contributed by atoms with Crippen LogP contribution in [0.5, 0.6) is 11.6 Å². The number of carbonyl (C=O) groups is 1. The lowest BCUT2D eigenvalue weighted by Gasteiger charge is -2.10. The molecule has 3 aromatic rings. The van der Waals surface area contributed by atoms with Crippen molar-refractivity contribution >= 4 is 34.1 Å². The summed E-state index contributed by atoms with van der Waals surface area (Å²) in [6, 6.07) is 11.2. The fourth-order valence-electron chi connectivity index (χ4n) is 2.68. The minimum atomic E-state index is -0.704. The molecule has 3 rings (SSSR count). The van der Waals surface area contributed by atoms with Crippen LogP contribution in [0.1, 0.15) is 30.2 Å². The fourth-order valence-corrected chi connectivity index (χ4v) is 2.85. The van der Waals surface area contributed by atoms with E-state index in [9.17, 15) is 15.0 Å². The van der Waals surface area contributed by atoms with Gasteiger partial charge in [0.15, 0.2) is 5.69 Å². The van der Waals surface area contributed by atoms with Crippen molar-refractivity contribution in [2.24, 2.45) is 10.2 Å². The maximum Gasteiger partial charge on any atom is 0.299 e. The summed E-state index contributed by atoms with van der Waals surface area (Å²) in [7, 11) is 0. The van der Waals surface area contributed by atoms with Gasteiger partial charge in [-0.05, 0) is 44.2 Å². The van der Waals surface area contributed by atoms with Crippen LogP contribution in [-0.2, 0) is 0 Å². The van der Waals surface area contributed by atoms with Gasteiger partial charge in [0.2, 0.25) is 5.88 Å². The molecular formula is C18H16ClN3O3. The van der Waals surface area contributed by atoms with Gasteiger partial charge in [-0.15, -0.1) is 10.2 Å². The number of carbonyl (C=O) groups excluding carboxylic acids is 1. The highest BCUT2D eigenvalue weighted by Crippen LogP contribution is 2.42. The molecule has 0 unspecified atom stereocenters. The fraction of sp³-hybridized carbons (Fsp3) is 0.167. The standard InChI is InChI=1S/C18H16ClN3O3/c1-10(2)22-14-8-7-11(19)9-13(14)16(18(22)25)20-21-17(24)12-5-3-4-6-15(12)23/h3-10,23,25H,1-2H3. The highest BCUT2D eigenvalue weighted by Gasteiger charge is 2.19. The molecule has 0 saturated carbocycles. The van der Waals surface area contributed by atoms with Gasteiger partial charge in [0.1, 0.15) is 5.75 Å². The summed E-state index contributed by atoms with van der Waals surface area (Å²) in [5, 5.41) is 28.9. The molecule has 0 saturated heterocycles. The zero-order valence-electron chi connectivity index (χ0n) is 13.6. The molecule has 2 aromatic carbocycles. The lowest BCUT2D eigenvalue weighted by Crippen LogP contribution is -1.98. The molecule has 0 bridgehead atoms. The Morgan fingerprint density at radius 2 is 1.88 bits per heavy atom. The average Bonchev–Trinajstić information content (AvgIpc) is 2.84. The number of phenols is 1. The molecular weight excluding hydrogens is 342 g/mol. The largest absolute Gasteiger partial charge is 0.507 e. The summed E-state index contributed by atoms with van der Waals surface area (Å²) in [6.45, 7) is 3.84. The Bertz CT molecular complexity index is 993. The van der Waals surface area contributed by atoms with Gasteiger partial charge in [0.05, 0.1) is 11.1 Å². The number of aromatic hydroxyl groups is 2. The van der Waals surface area contributed by atoms with Crippen molar-refractivity contribution in [3.05, 3.63) is 53.1 Å². The first-order valence-corrected chi connectivity index (χ1v) is 8.04. The number of amides is 1. The maximum absolute atomic E-state index is 12.2. The van der Waals surface area contributed by atoms with E-state index in [0.717, 1.165) is 5.52 Å². The van der Waals surface area contributed by atoms with E-state index in [1.54, 1.807) is 34.9 Å². The molecule has 0 radical (unpaired) electrons. The zero-order chi connectivity index (χ0) is 18.1. The van der Waals surface area contributed by atoms with Crippen LogP contribution in [0, 0.1) is 0 Å². The van der Waals surface area contributed by atoms with Gasteiger partial charge in [-0.2, -0.15) is 0 Å². The molecule has 0 fully saturated rings. The first kappa shape index (κ1) is 17.0. The van der Waals surface area contributed by atoms with E-state index in [-0.39, 0.29) is 28.9 Å². The minimum Gasteiger partial charge on any atom is -0.507 e. The number of benzene rings is 2. The van der Waals surface area contributed by atoms with Gasteiger partial charge < -0.3 is 14.8 Å². The highest BCUT2D eigenvalue weighted by atomic mass is 35.5. The number of hydrogen-bond donors (Lipinski definition) is 2. The number of aromatic nitrogens is 1. The Hall–Kier alpha value is -2.86. The molecule has 1 heterocycles. The molecule has 2 N–H and O–H groups in total. The number of rotatable bonds is 3. The summed E-state index contributed by atoms with van der Waals surface area (Å²) in [4.78, 5) is 12.2. The number of para-hydroxylation sites is 1. The van der Waals surface area contributed by atoms with E-state index in [1.807, 2.05) is 13.8 Å². The number of fused-ring (bicyclic) bond motifs is 1. The minimum absolute atomic E-state index is 0.0264. The third kappa shape index (κ3) is 3.08. The second-order valence-electron chi connectivity index (χ2n) is 5.82. The van der Waals surface area contributed by atoms with Crippen LogP contribution in [0.3, 0.4) is 0 Å². The van der Waals surface area contributed by atoms with E-state index < -0.39 is 5.91 Å². The van der Waals surface area contributed by atoms with E-state index >= 15 is 0 Å². The van der Waals surface area contributed by atoms with E-state index in [0.29, 0.717) is 10.4 Å². The van der Waals surface area contributed by atoms with Crippen LogP contribution in [0.2, 0.25) is 5.02 Å². The monoisotopic (exact) mass is 357 g/mol. The number of azo groups is 1. The number of phenolic OH excluding ortho intramolecular Hbond substituents is 1. The van der Waals surface area contributed by atoms with Gasteiger partial charge in [-0.25, -0.2) is 0 Å². The molecule has 128 valence electrons. The number of halogens is 1. The van der Waals surface area contributed by atoms with Crippen LogP contribution < -0.4 is 0 Å². The normalized spacial score (nSPS) is 11.7. The van der Waals surface area contributed by atoms with Crippen LogP contribution in [-0.4, -0.2) is 20.7 Å². The first-order chi connectivity index (χ1) is 11.9. The van der Waals surface area contributed by atoms with E-state index in [2.05, 4.69) is 10.2 Å². The predicted octanol–water partition coefficient (Wildman–Crippen LogP) is 5.21. The Balaban J connectivity index is 2.10. The molecule has 0 aliphatic heterocycles. The molecule has 0 spiro atoms. The molecule has 0 aliphatic rings. The van der Waals surface area contributed by atoms with Gasteiger partial charge in [-0.3, -0.25) is 4.79 Å². The van der Waals surface area contributed by atoms with E-state index in [4.69, 9.17) is 11.6 Å². The Morgan fingerprint density at radius 1 is 1.16 bits per heavy atom. The highest BCUT2D eigenvalue weighted by molar-refractivity contribution is 6.31. The lowest BCUT2D eigenvalue weighted by molar-refractivity contribution is 0.0992. The second-order valence-corrected chi connectivity index (χ2v) is 6.26. The van der Waals surface area contributed by atoms with Crippen LogP contribution in [0.25, 0.3) is 10.9 Å². The Morgan fingerprint density at radius 3 is 2.56 bits per heavy atom. The van der Waals surface area contributed by atoms with Crippen molar-refractivity contribution < 1.29 is 15.0 Å². The molecule has 6 nitrogen and oxygen atoms in total. The van der Waals surface area contributed by atoms with Crippen molar-refractivity contribution in [3.63, 3.8) is 0 Å². The van der Waals surface area contributed by atoms with Gasteiger partial charge >= 0.3 is 0 Å². The summed E-state index contributed by atoms with van der Waals surface area (Å²) in [5.41, 5.74) is 0.937. The van der Waals surface area contributed by atoms with Gasteiger partial charge in [-0.1, -0.05) is 23.7 Å². The maximum atomic E-state index is 12.2. The first-order valence-electron chi connectivity index (χ1n) is 7.66. The second kappa shape index (κ2) is 6.57. The number of nitrogens with zero attached hydrogens (tertiary/aromatic N) is 3. The third-order valence-electron chi connectivity index (χ3n) is 3.80. The SMILES string of the molecule is CC(C)n1c(O)c(N=NC(=O)c2ccccc2O)c2cc(Cl)ccc21. The van der Waals surface area contributed by atoms with Crippen LogP contribution >= 0.6 is 11.6 Å². The van der Waals surface area contributed by atoms with Crippen molar-refractivity contribution in [2.45, 2.75) is 19.9 Å². The summed E-state index contributed by atoms with van der Waals surface area (Å²) in [5.74, 6) is -0.977. The topological polar surface area (TPSA) is 87.2 Å². The van der Waals surface area contributed by atoms with Crippen molar-refractivity contribution in [3.8, 4) is 11.6 Å². The molecule has 1 aromatic heterocycles. The number of hydrogen-bond acceptors (Lipinski definition) is 4. The van der Waals surface area contributed by atoms with Crippen molar-refractivity contribution in [1.29, 1.82) is 0 Å². The Kier molecular flexibility index (Phi) is 4.46. The smallest absolute Gasteiger partial charge is 0.299 e. The molecule has 1 amide bonds. The quantitative estimate of drug-likeness (QED) is 0.630. The Labute approximate surface area is 149 Å². The summed E-state index contributed by atoms with van der Waals surface area (Å²) >= 11 is 6.05. The molecule has 0 aliphatic carbocycles. The molecule has 0 atom stereocenters. The predicted molar refractivity (Wildman–Crippen MR) is 96.0 cm³/mol. The lowest BCUT2D eigenvalue weighted by atomic mass is 10.2. The molecule has 7 heteroatoms. The van der Waals surface area contributed by atoms with Crippen molar-refractivity contribution in [2.75, 3.05) is 0 Å². The summed E-state index contributed by atoms with van der Waals surface area (Å²) < 4.78 is 1.69. The van der Waals surface area contributed by atoms with Gasteiger partial charge in [0, 0.05) is 16.5 Å². The molecule has 25 heavy (non-hydrogen) atoms. The average molecular weight is 358 g/mol. The summed E-state index contributed by atoms with van der Waals surface area (Å²) in [6.07, 6.45) is 0. The van der Waals surface area contributed by atoms with E-state index in [1.165, 1.54) is 12.1 Å². The van der Waals surface area contributed by atoms with Crippen molar-refractivity contribution in [1.82, 2.24) is 4.57 Å².